The summed E-state index contributed by atoms with van der Waals surface area (Å²) < 4.78 is 23.9. The lowest BCUT2D eigenvalue weighted by molar-refractivity contribution is -0.142. The first kappa shape index (κ1) is 20.2. The summed E-state index contributed by atoms with van der Waals surface area (Å²) in [4.78, 5) is 23.5. The summed E-state index contributed by atoms with van der Waals surface area (Å²) in [5.41, 5.74) is 0.644. The van der Waals surface area contributed by atoms with Crippen molar-refractivity contribution in [2.24, 2.45) is 0 Å². The van der Waals surface area contributed by atoms with Gasteiger partial charge in [-0.25, -0.2) is 9.18 Å². The third-order valence-corrected chi connectivity index (χ3v) is 3.94. The lowest BCUT2D eigenvalue weighted by atomic mass is 10.0. The zero-order valence-corrected chi connectivity index (χ0v) is 15.2. The zero-order valence-electron chi connectivity index (χ0n) is 15.2. The second-order valence-electron chi connectivity index (χ2n) is 5.97. The van der Waals surface area contributed by atoms with E-state index in [2.05, 4.69) is 5.32 Å². The van der Waals surface area contributed by atoms with Crippen molar-refractivity contribution in [2.75, 3.05) is 13.7 Å². The molecular weight excluding hydrogens is 353 g/mol. The molecular formula is C20H22FNO5. The molecule has 144 valence electrons. The molecule has 0 heterocycles. The quantitative estimate of drug-likeness (QED) is 0.657. The third kappa shape index (κ3) is 5.99. The van der Waals surface area contributed by atoms with E-state index >= 15 is 0 Å². The van der Waals surface area contributed by atoms with E-state index in [0.717, 1.165) is 5.75 Å². The number of aliphatic carboxylic acids is 1. The van der Waals surface area contributed by atoms with E-state index in [4.69, 9.17) is 9.47 Å². The van der Waals surface area contributed by atoms with Gasteiger partial charge in [0.15, 0.2) is 6.04 Å². The van der Waals surface area contributed by atoms with Gasteiger partial charge in [0.2, 0.25) is 5.91 Å². The van der Waals surface area contributed by atoms with Crippen LogP contribution in [0.4, 0.5) is 4.39 Å². The number of nitrogens with one attached hydrogen (secondary N) is 1. The van der Waals surface area contributed by atoms with Crippen LogP contribution in [0.3, 0.4) is 0 Å². The van der Waals surface area contributed by atoms with Crippen LogP contribution in [0.1, 0.15) is 30.0 Å². The molecule has 0 aliphatic rings. The standard InChI is InChI=1S/C20H22FNO5/c1-13-12-14(5-10-17(13)21)19(20(24)25)22-18(23)4-3-11-27-16-8-6-15(26-2)7-9-16/h5-10,12,19H,3-4,11H2,1-2H3,(H,22,23)(H,24,25). The second kappa shape index (κ2) is 9.56. The number of amides is 1. The minimum Gasteiger partial charge on any atom is -0.497 e. The van der Waals surface area contributed by atoms with Gasteiger partial charge in [-0.2, -0.15) is 0 Å². The van der Waals surface area contributed by atoms with Gasteiger partial charge < -0.3 is 19.9 Å². The highest BCUT2D eigenvalue weighted by Crippen LogP contribution is 2.19. The van der Waals surface area contributed by atoms with E-state index in [-0.39, 0.29) is 6.42 Å². The summed E-state index contributed by atoms with van der Waals surface area (Å²) >= 11 is 0. The molecule has 2 N–H and O–H groups in total. The summed E-state index contributed by atoms with van der Waals surface area (Å²) in [5.74, 6) is -0.671. The Morgan fingerprint density at radius 2 is 1.81 bits per heavy atom. The summed E-state index contributed by atoms with van der Waals surface area (Å²) in [5, 5.41) is 11.8. The molecule has 0 saturated carbocycles. The molecule has 27 heavy (non-hydrogen) atoms. The van der Waals surface area contributed by atoms with Crippen LogP contribution in [0.5, 0.6) is 11.5 Å². The molecule has 1 unspecified atom stereocenters. The SMILES string of the molecule is COc1ccc(OCCCC(=O)NC(C(=O)O)c2ccc(F)c(C)c2)cc1. The van der Waals surface area contributed by atoms with Crippen LogP contribution >= 0.6 is 0 Å². The largest absolute Gasteiger partial charge is 0.497 e. The molecule has 0 aromatic heterocycles. The van der Waals surface area contributed by atoms with Crippen LogP contribution in [-0.4, -0.2) is 30.7 Å². The molecule has 7 heteroatoms. The molecule has 0 saturated heterocycles. The zero-order chi connectivity index (χ0) is 19.8. The van der Waals surface area contributed by atoms with Gasteiger partial charge in [-0.1, -0.05) is 12.1 Å². The van der Waals surface area contributed by atoms with Crippen molar-refractivity contribution in [3.63, 3.8) is 0 Å². The Hall–Kier alpha value is -3.09. The topological polar surface area (TPSA) is 84.9 Å². The molecule has 1 atom stereocenters. The lowest BCUT2D eigenvalue weighted by Gasteiger charge is -2.16. The lowest BCUT2D eigenvalue weighted by Crippen LogP contribution is -2.33. The minimum atomic E-state index is -1.22. The monoisotopic (exact) mass is 375 g/mol. The Balaban J connectivity index is 1.83. The summed E-state index contributed by atoms with van der Waals surface area (Å²) in [7, 11) is 1.58. The molecule has 6 nitrogen and oxygen atoms in total. The highest BCUT2D eigenvalue weighted by molar-refractivity contribution is 5.84. The van der Waals surface area contributed by atoms with Crippen LogP contribution in [0.2, 0.25) is 0 Å². The van der Waals surface area contributed by atoms with Crippen molar-refractivity contribution in [1.29, 1.82) is 0 Å². The average Bonchev–Trinajstić information content (AvgIpc) is 2.66. The fraction of sp³-hybridized carbons (Fsp3) is 0.300. The maximum atomic E-state index is 13.4. The number of ether oxygens (including phenoxy) is 2. The molecule has 1 amide bonds. The maximum Gasteiger partial charge on any atom is 0.330 e. The fourth-order valence-corrected chi connectivity index (χ4v) is 2.46. The molecule has 0 bridgehead atoms. The van der Waals surface area contributed by atoms with Gasteiger partial charge in [-0.15, -0.1) is 0 Å². The van der Waals surface area contributed by atoms with E-state index in [1.165, 1.54) is 25.1 Å². The predicted octanol–water partition coefficient (Wildman–Crippen LogP) is 3.24. The third-order valence-electron chi connectivity index (χ3n) is 3.94. The number of rotatable bonds is 9. The number of carbonyl (C=O) groups is 2. The molecule has 0 fully saturated rings. The number of aryl methyl sites for hydroxylation is 1. The normalized spacial score (nSPS) is 11.5. The van der Waals surface area contributed by atoms with E-state index < -0.39 is 23.7 Å². The predicted molar refractivity (Wildman–Crippen MR) is 97.4 cm³/mol. The minimum absolute atomic E-state index is 0.111. The Bertz CT molecular complexity index is 791. The number of halogens is 1. The van der Waals surface area contributed by atoms with E-state index in [1.54, 1.807) is 31.4 Å². The van der Waals surface area contributed by atoms with Gasteiger partial charge in [0.05, 0.1) is 13.7 Å². The Morgan fingerprint density at radius 1 is 1.15 bits per heavy atom. The van der Waals surface area contributed by atoms with Crippen molar-refractivity contribution in [3.8, 4) is 11.5 Å². The van der Waals surface area contributed by atoms with Crippen molar-refractivity contribution in [3.05, 3.63) is 59.4 Å². The molecule has 0 aliphatic heterocycles. The van der Waals surface area contributed by atoms with E-state index in [1.807, 2.05) is 0 Å². The smallest absolute Gasteiger partial charge is 0.330 e. The number of carboxylic acid groups (broad SMARTS) is 1. The Kier molecular flexibility index (Phi) is 7.16. The summed E-state index contributed by atoms with van der Waals surface area (Å²) in [6, 6.07) is 9.80. The van der Waals surface area contributed by atoms with Crippen LogP contribution in [0.25, 0.3) is 0 Å². The molecule has 2 aromatic rings. The highest BCUT2D eigenvalue weighted by Gasteiger charge is 2.22. The first-order chi connectivity index (χ1) is 12.9. The van der Waals surface area contributed by atoms with Crippen molar-refractivity contribution in [2.45, 2.75) is 25.8 Å². The van der Waals surface area contributed by atoms with Gasteiger partial charge in [0.1, 0.15) is 17.3 Å². The number of carbonyl (C=O) groups excluding carboxylic acids is 1. The van der Waals surface area contributed by atoms with E-state index in [9.17, 15) is 19.1 Å². The van der Waals surface area contributed by atoms with Crippen LogP contribution < -0.4 is 14.8 Å². The first-order valence-corrected chi connectivity index (χ1v) is 8.45. The van der Waals surface area contributed by atoms with Crippen LogP contribution in [0, 0.1) is 12.7 Å². The Labute approximate surface area is 156 Å². The summed E-state index contributed by atoms with van der Waals surface area (Å²) in [6.45, 7) is 1.85. The van der Waals surface area contributed by atoms with Gasteiger partial charge in [0.25, 0.3) is 0 Å². The second-order valence-corrected chi connectivity index (χ2v) is 5.97. The fourth-order valence-electron chi connectivity index (χ4n) is 2.46. The average molecular weight is 375 g/mol. The van der Waals surface area contributed by atoms with Crippen molar-refractivity contribution < 1.29 is 28.6 Å². The molecule has 0 radical (unpaired) electrons. The maximum absolute atomic E-state index is 13.4. The number of benzene rings is 2. The number of methoxy groups -OCH3 is 1. The van der Waals surface area contributed by atoms with Gasteiger partial charge >= 0.3 is 5.97 Å². The highest BCUT2D eigenvalue weighted by atomic mass is 19.1. The van der Waals surface area contributed by atoms with Gasteiger partial charge in [-0.05, 0) is 54.8 Å². The summed E-state index contributed by atoms with van der Waals surface area (Å²) in [6.07, 6.45) is 0.534. The van der Waals surface area contributed by atoms with Crippen molar-refractivity contribution >= 4 is 11.9 Å². The number of hydrogen-bond donors (Lipinski definition) is 2. The Morgan fingerprint density at radius 3 is 2.41 bits per heavy atom. The van der Waals surface area contributed by atoms with Crippen molar-refractivity contribution in [1.82, 2.24) is 5.32 Å². The van der Waals surface area contributed by atoms with Crippen LogP contribution in [-0.2, 0) is 9.59 Å². The van der Waals surface area contributed by atoms with Gasteiger partial charge in [0, 0.05) is 6.42 Å². The molecule has 2 rings (SSSR count). The molecule has 0 aliphatic carbocycles. The van der Waals surface area contributed by atoms with E-state index in [0.29, 0.717) is 29.9 Å². The van der Waals surface area contributed by atoms with Gasteiger partial charge in [-0.3, -0.25) is 4.79 Å². The first-order valence-electron chi connectivity index (χ1n) is 8.45. The molecule has 0 spiro atoms. The number of carboxylic acids is 1. The molecule has 2 aromatic carbocycles. The number of hydrogen-bond acceptors (Lipinski definition) is 4. The van der Waals surface area contributed by atoms with Crippen LogP contribution in [0.15, 0.2) is 42.5 Å².